The molecule has 0 atom stereocenters. The molecule has 2 N–H and O–H groups in total. The van der Waals surface area contributed by atoms with Crippen molar-refractivity contribution in [3.05, 3.63) is 30.0 Å². The number of hydrogen-bond acceptors (Lipinski definition) is 6. The molecule has 0 saturated carbocycles. The van der Waals surface area contributed by atoms with E-state index < -0.39 is 15.9 Å². The maximum atomic E-state index is 12.3. The molecule has 1 saturated heterocycles. The number of urea groups is 1. The number of thiazole rings is 1. The summed E-state index contributed by atoms with van der Waals surface area (Å²) in [7, 11) is -3.33. The second-order valence-corrected chi connectivity index (χ2v) is 9.68. The Morgan fingerprint density at radius 3 is 2.58 bits per heavy atom. The van der Waals surface area contributed by atoms with Crippen molar-refractivity contribution in [2.45, 2.75) is 30.4 Å². The minimum absolute atomic E-state index is 0.122. The van der Waals surface area contributed by atoms with E-state index in [2.05, 4.69) is 26.6 Å². The average molecular weight is 395 g/mol. The van der Waals surface area contributed by atoms with Crippen LogP contribution in [0.1, 0.15) is 24.8 Å². The highest BCUT2D eigenvalue weighted by Crippen LogP contribution is 2.30. The van der Waals surface area contributed by atoms with Gasteiger partial charge in [0.25, 0.3) is 0 Å². The van der Waals surface area contributed by atoms with Crippen molar-refractivity contribution in [1.82, 2.24) is 4.98 Å². The lowest BCUT2D eigenvalue weighted by molar-refractivity contribution is 0.262. The zero-order chi connectivity index (χ0) is 18.7. The molecular weight excluding hydrogens is 372 g/mol. The number of hydrogen-bond donors (Lipinski definition) is 2. The Morgan fingerprint density at radius 1 is 1.19 bits per heavy atom. The predicted molar refractivity (Wildman–Crippen MR) is 105 cm³/mol. The molecule has 3 rings (SSSR count). The van der Waals surface area contributed by atoms with Crippen LogP contribution in [0.3, 0.4) is 0 Å². The molecule has 0 bridgehead atoms. The van der Waals surface area contributed by atoms with Crippen molar-refractivity contribution in [3.8, 4) is 0 Å². The van der Waals surface area contributed by atoms with Gasteiger partial charge in [0, 0.05) is 19.3 Å². The molecule has 0 spiro atoms. The molecule has 1 fully saturated rings. The number of nitrogens with one attached hydrogen (secondary N) is 2. The van der Waals surface area contributed by atoms with Crippen LogP contribution < -0.4 is 15.5 Å². The number of nitrogens with zero attached hydrogens (tertiary/aromatic N) is 2. The molecule has 0 aliphatic carbocycles. The van der Waals surface area contributed by atoms with Gasteiger partial charge in [-0.2, -0.15) is 0 Å². The van der Waals surface area contributed by atoms with Gasteiger partial charge >= 0.3 is 6.03 Å². The Labute approximate surface area is 157 Å². The van der Waals surface area contributed by atoms with Gasteiger partial charge in [0.1, 0.15) is 4.21 Å². The summed E-state index contributed by atoms with van der Waals surface area (Å²) in [6.45, 7) is 3.98. The van der Waals surface area contributed by atoms with Crippen LogP contribution in [-0.2, 0) is 9.84 Å². The lowest BCUT2D eigenvalue weighted by atomic mass is 10.1. The number of sulfone groups is 1. The summed E-state index contributed by atoms with van der Waals surface area (Å²) in [5.74, 6) is 0. The quantitative estimate of drug-likeness (QED) is 0.828. The van der Waals surface area contributed by atoms with Gasteiger partial charge in [-0.1, -0.05) is 17.4 Å². The Bertz CT molecular complexity index is 902. The standard InChI is InChI=1S/C17H22N4O3S2/c1-12-6-7-13(14(10-12)21-8-4-3-5-9-21)19-16(22)20-17-18-11-15(25-17)26(2,23)24/h6-7,10-11H,3-5,8-9H2,1-2H3,(H2,18,19,20,22). The number of aromatic nitrogens is 1. The zero-order valence-electron chi connectivity index (χ0n) is 14.8. The third kappa shape index (κ3) is 4.53. The first-order valence-electron chi connectivity index (χ1n) is 8.42. The monoisotopic (exact) mass is 394 g/mol. The molecule has 0 radical (unpaired) electrons. The van der Waals surface area contributed by atoms with Gasteiger partial charge in [-0.25, -0.2) is 18.2 Å². The van der Waals surface area contributed by atoms with Crippen LogP contribution >= 0.6 is 11.3 Å². The topological polar surface area (TPSA) is 91.4 Å². The minimum Gasteiger partial charge on any atom is -0.370 e. The Hall–Kier alpha value is -2.13. The highest BCUT2D eigenvalue weighted by Gasteiger charge is 2.17. The molecule has 9 heteroatoms. The van der Waals surface area contributed by atoms with E-state index in [1.807, 2.05) is 19.1 Å². The molecule has 1 aromatic carbocycles. The molecular formula is C17H22N4O3S2. The normalized spacial score (nSPS) is 14.9. The minimum atomic E-state index is -3.33. The number of carbonyl (C=O) groups excluding carboxylic acids is 1. The molecule has 1 aliphatic heterocycles. The van der Waals surface area contributed by atoms with Crippen LogP contribution in [0.5, 0.6) is 0 Å². The Balaban J connectivity index is 1.74. The maximum Gasteiger partial charge on any atom is 0.325 e. The molecule has 2 heterocycles. The molecule has 0 unspecified atom stereocenters. The fourth-order valence-corrected chi connectivity index (χ4v) is 4.51. The van der Waals surface area contributed by atoms with Crippen LogP contribution in [-0.4, -0.2) is 38.8 Å². The van der Waals surface area contributed by atoms with Gasteiger partial charge < -0.3 is 10.2 Å². The number of amides is 2. The first-order chi connectivity index (χ1) is 12.3. The van der Waals surface area contributed by atoms with E-state index in [4.69, 9.17) is 0 Å². The summed E-state index contributed by atoms with van der Waals surface area (Å²) < 4.78 is 23.1. The summed E-state index contributed by atoms with van der Waals surface area (Å²) in [6.07, 6.45) is 5.89. The molecule has 26 heavy (non-hydrogen) atoms. The highest BCUT2D eigenvalue weighted by molar-refractivity contribution is 7.92. The third-order valence-corrected chi connectivity index (χ3v) is 6.87. The summed E-state index contributed by atoms with van der Waals surface area (Å²) >= 11 is 0.932. The van der Waals surface area contributed by atoms with Gasteiger partial charge in [0.15, 0.2) is 15.0 Å². The molecule has 2 aromatic rings. The van der Waals surface area contributed by atoms with Crippen molar-refractivity contribution < 1.29 is 13.2 Å². The van der Waals surface area contributed by atoms with E-state index in [0.29, 0.717) is 0 Å². The van der Waals surface area contributed by atoms with Crippen molar-refractivity contribution >= 4 is 43.7 Å². The van der Waals surface area contributed by atoms with Crippen molar-refractivity contribution in [2.24, 2.45) is 0 Å². The van der Waals surface area contributed by atoms with Gasteiger partial charge in [-0.3, -0.25) is 5.32 Å². The van der Waals surface area contributed by atoms with Crippen LogP contribution in [0.2, 0.25) is 0 Å². The number of aryl methyl sites for hydroxylation is 1. The summed E-state index contributed by atoms with van der Waals surface area (Å²) in [5, 5.41) is 5.70. The molecule has 1 aromatic heterocycles. The maximum absolute atomic E-state index is 12.3. The molecule has 7 nitrogen and oxygen atoms in total. The van der Waals surface area contributed by atoms with Gasteiger partial charge in [0.05, 0.1) is 17.6 Å². The smallest absolute Gasteiger partial charge is 0.325 e. The first kappa shape index (κ1) is 18.7. The Kier molecular flexibility index (Phi) is 5.47. The SMILES string of the molecule is Cc1ccc(NC(=O)Nc2ncc(S(C)(=O)=O)s2)c(N2CCCCC2)c1. The number of piperidine rings is 1. The van der Waals surface area contributed by atoms with Crippen LogP contribution in [0.25, 0.3) is 0 Å². The van der Waals surface area contributed by atoms with E-state index in [-0.39, 0.29) is 9.34 Å². The first-order valence-corrected chi connectivity index (χ1v) is 11.1. The molecule has 140 valence electrons. The van der Waals surface area contributed by atoms with Crippen LogP contribution in [0.15, 0.2) is 28.6 Å². The van der Waals surface area contributed by atoms with Gasteiger partial charge in [0.2, 0.25) is 0 Å². The largest absolute Gasteiger partial charge is 0.370 e. The summed E-state index contributed by atoms with van der Waals surface area (Å²) in [6, 6.07) is 5.48. The lowest BCUT2D eigenvalue weighted by Gasteiger charge is -2.30. The molecule has 1 aliphatic rings. The zero-order valence-corrected chi connectivity index (χ0v) is 16.4. The average Bonchev–Trinajstić information content (AvgIpc) is 3.06. The third-order valence-electron chi connectivity index (χ3n) is 4.17. The number of anilines is 3. The van der Waals surface area contributed by atoms with E-state index in [0.717, 1.165) is 60.5 Å². The van der Waals surface area contributed by atoms with E-state index in [1.54, 1.807) is 0 Å². The van der Waals surface area contributed by atoms with E-state index >= 15 is 0 Å². The summed E-state index contributed by atoms with van der Waals surface area (Å²) in [5.41, 5.74) is 2.87. The number of carbonyl (C=O) groups is 1. The predicted octanol–water partition coefficient (Wildman–Crippen LogP) is 3.49. The number of benzene rings is 1. The van der Waals surface area contributed by atoms with Gasteiger partial charge in [-0.05, 0) is 43.9 Å². The second-order valence-electron chi connectivity index (χ2n) is 6.40. The lowest BCUT2D eigenvalue weighted by Crippen LogP contribution is -2.31. The van der Waals surface area contributed by atoms with Crippen molar-refractivity contribution in [1.29, 1.82) is 0 Å². The fraction of sp³-hybridized carbons (Fsp3) is 0.412. The highest BCUT2D eigenvalue weighted by atomic mass is 32.2. The summed E-state index contributed by atoms with van der Waals surface area (Å²) in [4.78, 5) is 18.6. The van der Waals surface area contributed by atoms with E-state index in [1.165, 1.54) is 12.6 Å². The second kappa shape index (κ2) is 7.63. The fourth-order valence-electron chi connectivity index (χ4n) is 2.88. The van der Waals surface area contributed by atoms with E-state index in [9.17, 15) is 13.2 Å². The Morgan fingerprint density at radius 2 is 1.92 bits per heavy atom. The van der Waals surface area contributed by atoms with Crippen molar-refractivity contribution in [3.63, 3.8) is 0 Å². The van der Waals surface area contributed by atoms with Crippen LogP contribution in [0.4, 0.5) is 21.3 Å². The van der Waals surface area contributed by atoms with Crippen molar-refractivity contribution in [2.75, 3.05) is 34.9 Å². The molecule has 2 amide bonds. The van der Waals surface area contributed by atoms with Crippen LogP contribution in [0, 0.1) is 6.92 Å². The van der Waals surface area contributed by atoms with Gasteiger partial charge in [-0.15, -0.1) is 0 Å². The number of rotatable bonds is 4.